The quantitative estimate of drug-likeness (QED) is 0.152. The largest absolute Gasteiger partial charge is 0.457 e. The summed E-state index contributed by atoms with van der Waals surface area (Å²) in [5.41, 5.74) is 15.3. The van der Waals surface area contributed by atoms with Crippen LogP contribution in [0.5, 0.6) is 11.5 Å². The first-order chi connectivity index (χ1) is 32.3. The number of rotatable bonds is 8. The molecular formula is C63H64N4O. The Hall–Kier alpha value is -7.11. The second-order valence-electron chi connectivity index (χ2n) is 22.3. The smallest absolute Gasteiger partial charge is 0.137 e. The van der Waals surface area contributed by atoms with Gasteiger partial charge >= 0.3 is 0 Å². The van der Waals surface area contributed by atoms with Gasteiger partial charge in [-0.05, 0) is 128 Å². The van der Waals surface area contributed by atoms with Crippen molar-refractivity contribution >= 4 is 44.6 Å². The Morgan fingerprint density at radius 1 is 0.412 bits per heavy atom. The van der Waals surface area contributed by atoms with Crippen LogP contribution in [0, 0.1) is 0 Å². The Labute approximate surface area is 403 Å². The molecular weight excluding hydrogens is 829 g/mol. The predicted octanol–water partition coefficient (Wildman–Crippen LogP) is 17.1. The summed E-state index contributed by atoms with van der Waals surface area (Å²) in [4.78, 5) is 9.88. The molecule has 0 unspecified atom stereocenters. The molecule has 0 radical (unpaired) electrons. The molecule has 1 aliphatic heterocycles. The van der Waals surface area contributed by atoms with E-state index in [1.165, 1.54) is 55.4 Å². The molecule has 0 saturated heterocycles. The summed E-state index contributed by atoms with van der Waals surface area (Å²) in [7, 11) is 0. The Morgan fingerprint density at radius 2 is 1.06 bits per heavy atom. The van der Waals surface area contributed by atoms with Gasteiger partial charge in [-0.25, -0.2) is 4.98 Å². The molecule has 0 spiro atoms. The topological polar surface area (TPSA) is 33.5 Å². The monoisotopic (exact) mass is 893 g/mol. The van der Waals surface area contributed by atoms with Crippen molar-refractivity contribution in [2.75, 3.05) is 16.5 Å². The van der Waals surface area contributed by atoms with E-state index in [9.17, 15) is 0 Å². The predicted molar refractivity (Wildman–Crippen MR) is 287 cm³/mol. The highest BCUT2D eigenvalue weighted by Gasteiger charge is 2.32. The van der Waals surface area contributed by atoms with Crippen LogP contribution in [0.25, 0.3) is 38.8 Å². The van der Waals surface area contributed by atoms with E-state index in [4.69, 9.17) is 9.72 Å². The zero-order chi connectivity index (χ0) is 47.8. The van der Waals surface area contributed by atoms with Crippen molar-refractivity contribution in [1.82, 2.24) is 9.55 Å². The van der Waals surface area contributed by atoms with Gasteiger partial charge in [-0.2, -0.15) is 0 Å². The van der Waals surface area contributed by atoms with Gasteiger partial charge in [0.15, 0.2) is 0 Å². The molecule has 0 amide bonds. The second-order valence-corrected chi connectivity index (χ2v) is 22.3. The number of pyridine rings is 1. The molecule has 5 heteroatoms. The minimum absolute atomic E-state index is 0.0112. The molecule has 3 heterocycles. The molecule has 0 aliphatic carbocycles. The summed E-state index contributed by atoms with van der Waals surface area (Å²) in [6.07, 6.45) is 1.94. The minimum atomic E-state index is -0.234. The molecule has 0 saturated carbocycles. The zero-order valence-electron chi connectivity index (χ0n) is 41.6. The van der Waals surface area contributed by atoms with Gasteiger partial charge in [-0.3, -0.25) is 4.57 Å². The molecule has 9 aromatic rings. The van der Waals surface area contributed by atoms with Gasteiger partial charge in [0.25, 0.3) is 0 Å². The average molecular weight is 893 g/mol. The lowest BCUT2D eigenvalue weighted by molar-refractivity contribution is 0.483. The van der Waals surface area contributed by atoms with Gasteiger partial charge in [-0.15, -0.1) is 0 Å². The van der Waals surface area contributed by atoms with Crippen molar-refractivity contribution < 1.29 is 4.74 Å². The fraction of sp³-hybridized carbons (Fsp3) is 0.254. The summed E-state index contributed by atoms with van der Waals surface area (Å²) < 4.78 is 9.18. The van der Waals surface area contributed by atoms with Gasteiger partial charge in [0, 0.05) is 45.9 Å². The Bertz CT molecular complexity index is 3320. The molecule has 0 fully saturated rings. The maximum atomic E-state index is 6.88. The van der Waals surface area contributed by atoms with Gasteiger partial charge in [-0.1, -0.05) is 161 Å². The summed E-state index contributed by atoms with van der Waals surface area (Å²) in [6, 6.07) is 62.1. The van der Waals surface area contributed by atoms with Crippen LogP contribution < -0.4 is 14.5 Å². The molecule has 10 rings (SSSR count). The number of hydrogen-bond donors (Lipinski definition) is 0. The fourth-order valence-electron chi connectivity index (χ4n) is 9.75. The molecule has 68 heavy (non-hydrogen) atoms. The number of benzene rings is 7. The van der Waals surface area contributed by atoms with Gasteiger partial charge < -0.3 is 14.5 Å². The number of fused-ring (bicyclic) bond motifs is 4. The number of ether oxygens (including phenoxy) is 1. The van der Waals surface area contributed by atoms with E-state index in [0.29, 0.717) is 6.67 Å². The van der Waals surface area contributed by atoms with Crippen LogP contribution in [0.15, 0.2) is 176 Å². The molecule has 2 aromatic heterocycles. The lowest BCUT2D eigenvalue weighted by Gasteiger charge is -2.30. The highest BCUT2D eigenvalue weighted by molar-refractivity contribution is 6.10. The van der Waals surface area contributed by atoms with Crippen LogP contribution in [0.1, 0.15) is 104 Å². The van der Waals surface area contributed by atoms with Crippen molar-refractivity contribution in [2.24, 2.45) is 0 Å². The summed E-state index contributed by atoms with van der Waals surface area (Å²) in [5.74, 6) is 2.44. The SMILES string of the molecule is CC(C)(C)c1ccnc(-n2c3ccc(C(C)(C)C)cc3c3ccc(Oc4cccc(N5CN(c6cc(-c7ccccc7)cc(C(C)(C)c7ccccc7)c6)c6cc(C(C)(C)C)ccc65)c4)cc32)c1. The van der Waals surface area contributed by atoms with Crippen LogP contribution in [-0.2, 0) is 21.7 Å². The van der Waals surface area contributed by atoms with Crippen LogP contribution >= 0.6 is 0 Å². The first-order valence-corrected chi connectivity index (χ1v) is 24.1. The third-order valence-electron chi connectivity index (χ3n) is 14.1. The highest BCUT2D eigenvalue weighted by atomic mass is 16.5. The summed E-state index contributed by atoms with van der Waals surface area (Å²) in [6.45, 7) is 25.8. The number of anilines is 4. The zero-order valence-corrected chi connectivity index (χ0v) is 41.6. The van der Waals surface area contributed by atoms with Gasteiger partial charge in [0.05, 0.1) is 22.4 Å². The lowest BCUT2D eigenvalue weighted by Crippen LogP contribution is -2.25. The summed E-state index contributed by atoms with van der Waals surface area (Å²) >= 11 is 0. The average Bonchev–Trinajstić information content (AvgIpc) is 3.87. The first-order valence-electron chi connectivity index (χ1n) is 24.1. The van der Waals surface area contributed by atoms with E-state index in [0.717, 1.165) is 45.4 Å². The number of hydrogen-bond acceptors (Lipinski definition) is 4. The Kier molecular flexibility index (Phi) is 10.9. The van der Waals surface area contributed by atoms with E-state index in [-0.39, 0.29) is 21.7 Å². The molecule has 342 valence electrons. The maximum Gasteiger partial charge on any atom is 0.137 e. The van der Waals surface area contributed by atoms with Crippen molar-refractivity contribution in [3.05, 3.63) is 204 Å². The van der Waals surface area contributed by atoms with Crippen molar-refractivity contribution in [3.8, 4) is 28.4 Å². The van der Waals surface area contributed by atoms with Crippen molar-refractivity contribution in [2.45, 2.75) is 97.8 Å². The Balaban J connectivity index is 1.05. The molecule has 0 N–H and O–H groups in total. The highest BCUT2D eigenvalue weighted by Crippen LogP contribution is 2.49. The van der Waals surface area contributed by atoms with E-state index in [2.05, 4.69) is 260 Å². The third-order valence-corrected chi connectivity index (χ3v) is 14.1. The first kappa shape index (κ1) is 44.7. The van der Waals surface area contributed by atoms with E-state index >= 15 is 0 Å². The molecule has 1 aliphatic rings. The molecule has 0 bridgehead atoms. The van der Waals surface area contributed by atoms with Crippen LogP contribution in [0.4, 0.5) is 22.7 Å². The molecule has 5 nitrogen and oxygen atoms in total. The summed E-state index contributed by atoms with van der Waals surface area (Å²) in [5, 5.41) is 2.38. The second kappa shape index (κ2) is 16.6. The number of aromatic nitrogens is 2. The van der Waals surface area contributed by atoms with Crippen LogP contribution in [0.3, 0.4) is 0 Å². The normalized spacial score (nSPS) is 13.4. The number of nitrogens with zero attached hydrogens (tertiary/aromatic N) is 4. The van der Waals surface area contributed by atoms with E-state index in [1.807, 2.05) is 6.20 Å². The Morgan fingerprint density at radius 3 is 1.78 bits per heavy atom. The van der Waals surface area contributed by atoms with Gasteiger partial charge in [0.2, 0.25) is 0 Å². The van der Waals surface area contributed by atoms with E-state index in [1.54, 1.807) is 0 Å². The fourth-order valence-corrected chi connectivity index (χ4v) is 9.75. The van der Waals surface area contributed by atoms with Crippen molar-refractivity contribution in [3.63, 3.8) is 0 Å². The minimum Gasteiger partial charge on any atom is -0.457 e. The molecule has 0 atom stereocenters. The maximum absolute atomic E-state index is 6.88. The third kappa shape index (κ3) is 8.33. The lowest BCUT2D eigenvalue weighted by atomic mass is 9.77. The molecule has 7 aromatic carbocycles. The van der Waals surface area contributed by atoms with Crippen LogP contribution in [0.2, 0.25) is 0 Å². The standard InChI is InChI=1S/C63H64N4O/c1-60(2,3)45-25-29-55-54(36-45)53-28-27-52(40-57(53)67(55)59-38-47(31-32-64-59)62(7,8)9)68-51-24-18-23-49(39-51)65-41-66(58-37-46(61(4,5)6)26-30-56(58)65)50-34-43(42-19-14-12-15-20-42)33-48(35-50)63(10,11)44-21-16-13-17-22-44/h12-40H,41H2,1-11H3. The van der Waals surface area contributed by atoms with Gasteiger partial charge in [0.1, 0.15) is 24.0 Å². The van der Waals surface area contributed by atoms with E-state index < -0.39 is 0 Å². The van der Waals surface area contributed by atoms with Crippen molar-refractivity contribution in [1.29, 1.82) is 0 Å². The van der Waals surface area contributed by atoms with Crippen LogP contribution in [-0.4, -0.2) is 16.2 Å².